The van der Waals surface area contributed by atoms with E-state index in [9.17, 15) is 13.5 Å². The van der Waals surface area contributed by atoms with E-state index in [1.807, 2.05) is 0 Å². The first-order valence-electron chi connectivity index (χ1n) is 11.7. The smallest absolute Gasteiger partial charge is 0.345 e. The van der Waals surface area contributed by atoms with E-state index in [1.54, 1.807) is 13.2 Å². The molecule has 2 aromatic rings. The zero-order valence-corrected chi connectivity index (χ0v) is 19.7. The largest absolute Gasteiger partial charge is 0.845 e. The number of rotatable bonds is 6. The minimum absolute atomic E-state index is 0.0982. The molecule has 1 aromatic heterocycles. The van der Waals surface area contributed by atoms with Crippen molar-refractivity contribution < 1.29 is 18.3 Å². The van der Waals surface area contributed by atoms with Crippen LogP contribution in [0.3, 0.4) is 0 Å². The minimum Gasteiger partial charge on any atom is -0.845 e. The third kappa shape index (κ3) is 4.59. The summed E-state index contributed by atoms with van der Waals surface area (Å²) in [6.07, 6.45) is 11.4. The van der Waals surface area contributed by atoms with Crippen LogP contribution < -0.4 is 14.7 Å². The molecule has 1 aliphatic heterocycles. The van der Waals surface area contributed by atoms with Gasteiger partial charge in [0.05, 0.1) is 30.6 Å². The van der Waals surface area contributed by atoms with E-state index in [1.165, 1.54) is 22.0 Å². The molecule has 1 N–H and O–H groups in total. The zero-order valence-electron chi connectivity index (χ0n) is 18.9. The molecular weight excluding hydrogens is 442 g/mol. The van der Waals surface area contributed by atoms with Crippen LogP contribution >= 0.6 is 0 Å². The summed E-state index contributed by atoms with van der Waals surface area (Å²) in [5, 5.41) is 19.9. The van der Waals surface area contributed by atoms with Crippen LogP contribution in [0.2, 0.25) is 0 Å². The monoisotopic (exact) mass is 472 g/mol. The first-order valence-corrected chi connectivity index (χ1v) is 13.1. The van der Waals surface area contributed by atoms with Crippen molar-refractivity contribution in [3.8, 4) is 0 Å². The van der Waals surface area contributed by atoms with E-state index < -0.39 is 16.2 Å². The van der Waals surface area contributed by atoms with E-state index in [4.69, 9.17) is 4.74 Å². The standard InChI is InChI=1S/C23H31N5O4S/c1-27-14-18(13-24-27)28(15-19-8-2-3-11-32-19)33(30,31)26-23(29)25-22-20-9-4-6-16(20)12-17-7-5-10-21(17)22/h12-14,19H,2-11,15H2,1H3,(H2,25,26,29)/p-1/t19-/m0/s1. The van der Waals surface area contributed by atoms with E-state index >= 15 is 0 Å². The maximum absolute atomic E-state index is 13.3. The van der Waals surface area contributed by atoms with Gasteiger partial charge in [-0.1, -0.05) is 6.07 Å². The van der Waals surface area contributed by atoms with Crippen molar-refractivity contribution in [1.82, 2.24) is 9.78 Å². The third-order valence-electron chi connectivity index (χ3n) is 6.80. The molecule has 5 rings (SSSR count). The molecule has 9 nitrogen and oxygen atoms in total. The number of benzene rings is 1. The van der Waals surface area contributed by atoms with Crippen LogP contribution in [-0.2, 0) is 47.7 Å². The number of nitrogens with zero attached hydrogens (tertiary/aromatic N) is 4. The molecule has 0 spiro atoms. The molecule has 0 radical (unpaired) electrons. The molecule has 2 heterocycles. The van der Waals surface area contributed by atoms with Crippen LogP contribution in [0.5, 0.6) is 0 Å². The Morgan fingerprint density at radius 3 is 2.55 bits per heavy atom. The lowest BCUT2D eigenvalue weighted by molar-refractivity contribution is -0.213. The van der Waals surface area contributed by atoms with Crippen LogP contribution in [0, 0.1) is 0 Å². The van der Waals surface area contributed by atoms with Crippen molar-refractivity contribution in [2.45, 2.75) is 63.9 Å². The lowest BCUT2D eigenvalue weighted by atomic mass is 9.99. The molecule has 1 fully saturated rings. The third-order valence-corrected chi connectivity index (χ3v) is 8.12. The van der Waals surface area contributed by atoms with Gasteiger partial charge in [-0.2, -0.15) is 13.5 Å². The van der Waals surface area contributed by atoms with E-state index in [0.29, 0.717) is 12.3 Å². The molecule has 0 amide bonds. The van der Waals surface area contributed by atoms with Crippen molar-refractivity contribution in [1.29, 1.82) is 0 Å². The molecule has 1 saturated heterocycles. The highest BCUT2D eigenvalue weighted by molar-refractivity contribution is 7.91. The predicted octanol–water partition coefficient (Wildman–Crippen LogP) is 1.85. The molecule has 10 heteroatoms. The van der Waals surface area contributed by atoms with Gasteiger partial charge < -0.3 is 15.2 Å². The number of amidine groups is 1. The fourth-order valence-electron chi connectivity index (χ4n) is 5.26. The van der Waals surface area contributed by atoms with Gasteiger partial charge >= 0.3 is 10.2 Å². The topological polar surface area (TPSA) is 112 Å². The predicted molar refractivity (Wildman–Crippen MR) is 125 cm³/mol. The summed E-state index contributed by atoms with van der Waals surface area (Å²) in [5.74, 6) is 0. The highest BCUT2D eigenvalue weighted by Crippen LogP contribution is 2.38. The van der Waals surface area contributed by atoms with Crippen molar-refractivity contribution >= 4 is 27.6 Å². The van der Waals surface area contributed by atoms with Gasteiger partial charge in [-0.3, -0.25) is 4.68 Å². The van der Waals surface area contributed by atoms with Crippen molar-refractivity contribution in [3.05, 3.63) is 40.7 Å². The van der Waals surface area contributed by atoms with Gasteiger partial charge in [0.1, 0.15) is 0 Å². The number of nitrogens with one attached hydrogen (secondary N) is 1. The first kappa shape index (κ1) is 22.2. The number of aromatic nitrogens is 2. The Morgan fingerprint density at radius 2 is 1.94 bits per heavy atom. The Bertz CT molecular complexity index is 1140. The summed E-state index contributed by atoms with van der Waals surface area (Å²) < 4.78 is 38.7. The van der Waals surface area contributed by atoms with Crippen LogP contribution in [0.25, 0.3) is 0 Å². The van der Waals surface area contributed by atoms with Gasteiger partial charge in [-0.15, -0.1) is 4.40 Å². The van der Waals surface area contributed by atoms with Crippen LogP contribution in [-0.4, -0.2) is 43.5 Å². The lowest BCUT2D eigenvalue weighted by Gasteiger charge is -2.29. The Balaban J connectivity index is 1.44. The quantitative estimate of drug-likeness (QED) is 0.507. The molecular formula is C23H30N5O4S-. The van der Waals surface area contributed by atoms with E-state index in [2.05, 4.69) is 20.9 Å². The van der Waals surface area contributed by atoms with Crippen molar-refractivity contribution in [2.24, 2.45) is 11.4 Å². The molecule has 2 aliphatic carbocycles. The number of hydrogen-bond acceptors (Lipinski definition) is 5. The molecule has 1 atom stereocenters. The Hall–Kier alpha value is -2.59. The number of hydrogen-bond donors (Lipinski definition) is 1. The second-order valence-electron chi connectivity index (χ2n) is 9.13. The van der Waals surface area contributed by atoms with Gasteiger partial charge in [0.2, 0.25) is 0 Å². The summed E-state index contributed by atoms with van der Waals surface area (Å²) in [4.78, 5) is 0. The molecule has 33 heavy (non-hydrogen) atoms. The molecule has 3 aliphatic rings. The average molecular weight is 473 g/mol. The van der Waals surface area contributed by atoms with E-state index in [0.717, 1.165) is 78.9 Å². The second-order valence-corrected chi connectivity index (χ2v) is 10.6. The zero-order chi connectivity index (χ0) is 23.0. The summed E-state index contributed by atoms with van der Waals surface area (Å²) in [5.41, 5.74) is 5.95. The van der Waals surface area contributed by atoms with Crippen molar-refractivity contribution in [2.75, 3.05) is 22.8 Å². The Morgan fingerprint density at radius 1 is 1.21 bits per heavy atom. The SMILES string of the molecule is Cn1cc(N(C[C@@H]2CCCCO2)S(=O)(=O)/N=C(\[O-])Nc2c3c(cc4c2CCC4)CCC3)cn1. The number of aryl methyl sites for hydroxylation is 3. The van der Waals surface area contributed by atoms with E-state index in [-0.39, 0.29) is 12.6 Å². The van der Waals surface area contributed by atoms with Crippen LogP contribution in [0.15, 0.2) is 22.9 Å². The molecule has 0 bridgehead atoms. The van der Waals surface area contributed by atoms with Crippen LogP contribution in [0.1, 0.15) is 54.4 Å². The first-order chi connectivity index (χ1) is 15.9. The van der Waals surface area contributed by atoms with Gasteiger partial charge in [0.25, 0.3) is 0 Å². The summed E-state index contributed by atoms with van der Waals surface area (Å²) in [7, 11) is -2.58. The molecule has 178 valence electrons. The molecule has 0 saturated carbocycles. The van der Waals surface area contributed by atoms with Crippen LogP contribution in [0.4, 0.5) is 11.4 Å². The van der Waals surface area contributed by atoms with Gasteiger partial charge in [-0.05, 0) is 80.0 Å². The maximum Gasteiger partial charge on any atom is 0.345 e. The summed E-state index contributed by atoms with van der Waals surface area (Å²) in [6, 6.07) is 1.41. The fraction of sp³-hybridized carbons (Fsp3) is 0.565. The molecule has 0 unspecified atom stereocenters. The highest BCUT2D eigenvalue weighted by Gasteiger charge is 2.29. The number of anilines is 2. The summed E-state index contributed by atoms with van der Waals surface area (Å²) >= 11 is 0. The number of ether oxygens (including phenoxy) is 1. The number of fused-ring (bicyclic) bond motifs is 2. The fourth-order valence-corrected chi connectivity index (χ4v) is 6.33. The maximum atomic E-state index is 13.3. The molecule has 1 aromatic carbocycles. The van der Waals surface area contributed by atoms with Gasteiger partial charge in [0.15, 0.2) is 0 Å². The normalized spacial score (nSPS) is 20.5. The van der Waals surface area contributed by atoms with Gasteiger partial charge in [0, 0.05) is 25.5 Å². The lowest BCUT2D eigenvalue weighted by Crippen LogP contribution is -2.40. The second kappa shape index (κ2) is 8.98. The summed E-state index contributed by atoms with van der Waals surface area (Å²) in [6.45, 7) is 0.703. The highest BCUT2D eigenvalue weighted by atomic mass is 32.2. The van der Waals surface area contributed by atoms with Gasteiger partial charge in [-0.25, -0.2) is 4.31 Å². The van der Waals surface area contributed by atoms with Crippen molar-refractivity contribution in [3.63, 3.8) is 0 Å². The Labute approximate surface area is 194 Å². The Kier molecular flexibility index (Phi) is 6.05. The average Bonchev–Trinajstić information content (AvgIpc) is 3.53. The minimum atomic E-state index is -4.30.